The molecule has 1 radical (unpaired) electrons. The Morgan fingerprint density at radius 1 is 1.00 bits per heavy atom. The number of alkyl halides is 4. The summed E-state index contributed by atoms with van der Waals surface area (Å²) >= 11 is 23.2. The highest BCUT2D eigenvalue weighted by Gasteiger charge is 2.38. The maximum absolute atomic E-state index is 5.82. The maximum Gasteiger partial charge on any atom is 0.121 e. The van der Waals surface area contributed by atoms with Gasteiger partial charge in [0.2, 0.25) is 0 Å². The first-order valence-electron chi connectivity index (χ1n) is 3.01. The van der Waals surface area contributed by atoms with Crippen molar-refractivity contribution in [3.05, 3.63) is 6.42 Å². The van der Waals surface area contributed by atoms with Crippen LogP contribution in [0.3, 0.4) is 0 Å². The Hall–Kier alpha value is 1.16. The lowest BCUT2D eigenvalue weighted by atomic mass is 9.99. The summed E-state index contributed by atoms with van der Waals surface area (Å²) in [5, 5.41) is 0. The van der Waals surface area contributed by atoms with Crippen LogP contribution in [-0.2, 0) is 0 Å². The van der Waals surface area contributed by atoms with E-state index in [2.05, 4.69) is 0 Å². The van der Waals surface area contributed by atoms with Crippen molar-refractivity contribution in [3.8, 4) is 0 Å². The van der Waals surface area contributed by atoms with E-state index in [-0.39, 0.29) is 0 Å². The van der Waals surface area contributed by atoms with E-state index in [1.165, 1.54) is 0 Å². The van der Waals surface area contributed by atoms with E-state index >= 15 is 0 Å². The van der Waals surface area contributed by atoms with Gasteiger partial charge in [-0.3, -0.25) is 0 Å². The summed E-state index contributed by atoms with van der Waals surface area (Å²) in [6.45, 7) is 0. The molecule has 0 nitrogen and oxygen atoms in total. The third kappa shape index (κ3) is 2.65. The van der Waals surface area contributed by atoms with E-state index in [9.17, 15) is 0 Å². The van der Waals surface area contributed by atoms with E-state index in [1.807, 2.05) is 0 Å². The smallest absolute Gasteiger partial charge is 0.102 e. The van der Waals surface area contributed by atoms with Gasteiger partial charge in [0, 0.05) is 6.42 Å². The van der Waals surface area contributed by atoms with Crippen LogP contribution in [0, 0.1) is 6.42 Å². The van der Waals surface area contributed by atoms with Crippen molar-refractivity contribution >= 4 is 46.4 Å². The second-order valence-electron chi connectivity index (χ2n) is 2.53. The Morgan fingerprint density at radius 2 is 1.60 bits per heavy atom. The van der Waals surface area contributed by atoms with Crippen LogP contribution in [0.4, 0.5) is 0 Å². The molecule has 0 aromatic heterocycles. The fourth-order valence-corrected chi connectivity index (χ4v) is 1.54. The third-order valence-corrected chi connectivity index (χ3v) is 2.90. The quantitative estimate of drug-likeness (QED) is 0.546. The molecule has 10 heavy (non-hydrogen) atoms. The van der Waals surface area contributed by atoms with Gasteiger partial charge in [0.05, 0.1) is 0 Å². The van der Waals surface area contributed by atoms with Crippen molar-refractivity contribution in [1.82, 2.24) is 0 Å². The molecule has 0 bridgehead atoms. The Balaban J connectivity index is 2.46. The van der Waals surface area contributed by atoms with Crippen LogP contribution >= 0.6 is 46.4 Å². The summed E-state index contributed by atoms with van der Waals surface area (Å²) < 4.78 is -1.36. The number of rotatable bonds is 0. The zero-order chi connectivity index (χ0) is 7.83. The van der Waals surface area contributed by atoms with Gasteiger partial charge in [0.1, 0.15) is 8.67 Å². The first-order chi connectivity index (χ1) is 4.41. The molecule has 1 saturated carbocycles. The molecular formula is C6H7Cl4. The minimum Gasteiger partial charge on any atom is -0.102 e. The molecule has 0 spiro atoms. The lowest BCUT2D eigenvalue weighted by Crippen LogP contribution is -2.29. The van der Waals surface area contributed by atoms with Crippen LogP contribution in [0.1, 0.15) is 19.3 Å². The summed E-state index contributed by atoms with van der Waals surface area (Å²) in [5.74, 6) is 0. The molecule has 0 unspecified atom stereocenters. The van der Waals surface area contributed by atoms with Crippen molar-refractivity contribution in [1.29, 1.82) is 0 Å². The van der Waals surface area contributed by atoms with Crippen molar-refractivity contribution < 1.29 is 0 Å². The van der Waals surface area contributed by atoms with Crippen molar-refractivity contribution in [2.45, 2.75) is 27.9 Å². The zero-order valence-corrected chi connectivity index (χ0v) is 8.23. The van der Waals surface area contributed by atoms with Crippen LogP contribution in [0.5, 0.6) is 0 Å². The molecule has 0 aliphatic heterocycles. The molecule has 59 valence electrons. The first-order valence-corrected chi connectivity index (χ1v) is 4.53. The van der Waals surface area contributed by atoms with E-state index in [4.69, 9.17) is 46.4 Å². The van der Waals surface area contributed by atoms with Gasteiger partial charge < -0.3 is 0 Å². The van der Waals surface area contributed by atoms with Crippen LogP contribution in [0.15, 0.2) is 0 Å². The van der Waals surface area contributed by atoms with E-state index in [0.717, 1.165) is 0 Å². The molecule has 1 fully saturated rings. The molecule has 1 aliphatic rings. The molecule has 0 saturated heterocycles. The van der Waals surface area contributed by atoms with E-state index < -0.39 is 8.67 Å². The van der Waals surface area contributed by atoms with Gasteiger partial charge in [-0.25, -0.2) is 0 Å². The lowest BCUT2D eigenvalue weighted by molar-refractivity contribution is 0.540. The lowest BCUT2D eigenvalue weighted by Gasteiger charge is -2.31. The van der Waals surface area contributed by atoms with Gasteiger partial charge in [0.15, 0.2) is 0 Å². The summed E-state index contributed by atoms with van der Waals surface area (Å²) in [7, 11) is 0. The SMILES string of the molecule is ClC1(Cl)[CH]CC(Cl)(Cl)CC1. The number of halogens is 4. The summed E-state index contributed by atoms with van der Waals surface area (Å²) in [5.41, 5.74) is 0. The summed E-state index contributed by atoms with van der Waals surface area (Å²) in [6, 6.07) is 0. The van der Waals surface area contributed by atoms with Gasteiger partial charge in [-0.2, -0.15) is 0 Å². The Bertz CT molecular complexity index is 102. The zero-order valence-electron chi connectivity index (χ0n) is 5.21. The van der Waals surface area contributed by atoms with Crippen molar-refractivity contribution in [2.75, 3.05) is 0 Å². The molecule has 0 aromatic carbocycles. The topological polar surface area (TPSA) is 0 Å². The molecule has 4 heteroatoms. The molecule has 0 aromatic rings. The van der Waals surface area contributed by atoms with E-state index in [0.29, 0.717) is 19.3 Å². The second kappa shape index (κ2) is 2.90. The average Bonchev–Trinajstić information content (AvgIpc) is 1.79. The molecule has 0 atom stereocenters. The summed E-state index contributed by atoms with van der Waals surface area (Å²) in [4.78, 5) is 0. The minimum absolute atomic E-state index is 0.559. The molecular weight excluding hydrogens is 214 g/mol. The molecule has 1 aliphatic carbocycles. The second-order valence-corrected chi connectivity index (χ2v) is 5.71. The van der Waals surface area contributed by atoms with Crippen LogP contribution < -0.4 is 0 Å². The fourth-order valence-electron chi connectivity index (χ4n) is 0.852. The molecule has 1 rings (SSSR count). The largest absolute Gasteiger partial charge is 0.121 e. The van der Waals surface area contributed by atoms with Crippen LogP contribution in [0.2, 0.25) is 0 Å². The third-order valence-electron chi connectivity index (χ3n) is 1.52. The standard InChI is InChI=1S/C6H7Cl4/c7-5(8)1-2-6(9,10)4-3-5/h1H,2-4H2. The van der Waals surface area contributed by atoms with Gasteiger partial charge in [-0.05, 0) is 19.3 Å². The normalized spacial score (nSPS) is 30.0. The highest BCUT2D eigenvalue weighted by molar-refractivity contribution is 6.51. The molecule has 0 amide bonds. The van der Waals surface area contributed by atoms with Gasteiger partial charge >= 0.3 is 0 Å². The van der Waals surface area contributed by atoms with Crippen molar-refractivity contribution in [3.63, 3.8) is 0 Å². The van der Waals surface area contributed by atoms with Gasteiger partial charge in [-0.15, -0.1) is 46.4 Å². The van der Waals surface area contributed by atoms with Crippen molar-refractivity contribution in [2.24, 2.45) is 0 Å². The Kier molecular flexibility index (Phi) is 2.68. The number of hydrogen-bond donors (Lipinski definition) is 0. The first kappa shape index (κ1) is 9.25. The van der Waals surface area contributed by atoms with Crippen LogP contribution in [0.25, 0.3) is 0 Å². The van der Waals surface area contributed by atoms with Crippen LogP contribution in [-0.4, -0.2) is 8.67 Å². The van der Waals surface area contributed by atoms with Gasteiger partial charge in [-0.1, -0.05) is 0 Å². The van der Waals surface area contributed by atoms with E-state index in [1.54, 1.807) is 6.42 Å². The predicted molar refractivity (Wildman–Crippen MR) is 47.0 cm³/mol. The predicted octanol–water partition coefficient (Wildman–Crippen LogP) is 3.72. The molecule has 0 heterocycles. The fraction of sp³-hybridized carbons (Fsp3) is 0.833. The summed E-state index contributed by atoms with van der Waals surface area (Å²) in [6.07, 6.45) is 3.59. The Morgan fingerprint density at radius 3 is 1.90 bits per heavy atom. The molecule has 0 N–H and O–H groups in total. The van der Waals surface area contributed by atoms with Gasteiger partial charge in [0.25, 0.3) is 0 Å². The minimum atomic E-state index is -0.715. The average molecular weight is 221 g/mol. The monoisotopic (exact) mass is 219 g/mol. The maximum atomic E-state index is 5.82. The highest BCUT2D eigenvalue weighted by Crippen LogP contribution is 2.45. The highest BCUT2D eigenvalue weighted by atomic mass is 35.5. The number of hydrogen-bond acceptors (Lipinski definition) is 0. The Labute approximate surface area is 80.8 Å².